The highest BCUT2D eigenvalue weighted by molar-refractivity contribution is 7.10. The third-order valence-corrected chi connectivity index (χ3v) is 5.16. The highest BCUT2D eigenvalue weighted by Crippen LogP contribution is 2.43. The zero-order valence-corrected chi connectivity index (χ0v) is 11.7. The first-order valence-corrected chi connectivity index (χ1v) is 7.41. The Kier molecular flexibility index (Phi) is 4.47. The van der Waals surface area contributed by atoms with E-state index in [-0.39, 0.29) is 0 Å². The number of hydrogen-bond acceptors (Lipinski definition) is 3. The Morgan fingerprint density at radius 3 is 2.47 bits per heavy atom. The molecular formula is C13H19ClO2S. The van der Waals surface area contributed by atoms with Gasteiger partial charge in [-0.05, 0) is 24.3 Å². The molecule has 96 valence electrons. The number of halogens is 1. The third kappa shape index (κ3) is 2.68. The average molecular weight is 275 g/mol. The Morgan fingerprint density at radius 1 is 1.35 bits per heavy atom. The van der Waals surface area contributed by atoms with Crippen LogP contribution in [0.4, 0.5) is 0 Å². The molecule has 1 N–H and O–H groups in total. The largest absolute Gasteiger partial charge is 0.384 e. The second-order valence-electron chi connectivity index (χ2n) is 4.72. The standard InChI is InChI=1S/C13H19ClO2S/c1-16-13(7-4-2-3-5-8-13)12(15)11-10(14)6-9-17-11/h6,9,12,15H,2-5,7-8H2,1H3. The maximum Gasteiger partial charge on any atom is 0.118 e. The second-order valence-corrected chi connectivity index (χ2v) is 6.07. The summed E-state index contributed by atoms with van der Waals surface area (Å²) in [6.45, 7) is 0. The summed E-state index contributed by atoms with van der Waals surface area (Å²) in [6, 6.07) is 1.84. The topological polar surface area (TPSA) is 29.5 Å². The first-order chi connectivity index (χ1) is 8.19. The minimum atomic E-state index is -0.599. The Balaban J connectivity index is 2.24. The summed E-state index contributed by atoms with van der Waals surface area (Å²) in [7, 11) is 1.70. The van der Waals surface area contributed by atoms with Gasteiger partial charge in [0, 0.05) is 7.11 Å². The van der Waals surface area contributed by atoms with Crippen molar-refractivity contribution in [3.63, 3.8) is 0 Å². The minimum absolute atomic E-state index is 0.439. The summed E-state index contributed by atoms with van der Waals surface area (Å²) in [5.74, 6) is 0. The summed E-state index contributed by atoms with van der Waals surface area (Å²) in [4.78, 5) is 0.843. The van der Waals surface area contributed by atoms with Crippen LogP contribution in [-0.4, -0.2) is 17.8 Å². The van der Waals surface area contributed by atoms with Crippen molar-refractivity contribution >= 4 is 22.9 Å². The molecule has 0 aromatic carbocycles. The fourth-order valence-electron chi connectivity index (χ4n) is 2.66. The number of rotatable bonds is 3. The van der Waals surface area contributed by atoms with Gasteiger partial charge in [-0.2, -0.15) is 0 Å². The molecule has 1 aliphatic rings. The first-order valence-electron chi connectivity index (χ1n) is 6.16. The molecule has 2 nitrogen and oxygen atoms in total. The minimum Gasteiger partial charge on any atom is -0.384 e. The van der Waals surface area contributed by atoms with Crippen LogP contribution in [0.5, 0.6) is 0 Å². The molecule has 0 bridgehead atoms. The van der Waals surface area contributed by atoms with Gasteiger partial charge in [-0.3, -0.25) is 0 Å². The average Bonchev–Trinajstić information content (AvgIpc) is 2.64. The van der Waals surface area contributed by atoms with Crippen LogP contribution >= 0.6 is 22.9 Å². The van der Waals surface area contributed by atoms with Crippen LogP contribution < -0.4 is 0 Å². The molecule has 4 heteroatoms. The van der Waals surface area contributed by atoms with Gasteiger partial charge < -0.3 is 9.84 Å². The van der Waals surface area contributed by atoms with Crippen LogP contribution in [0.15, 0.2) is 11.4 Å². The van der Waals surface area contributed by atoms with Gasteiger partial charge in [0.2, 0.25) is 0 Å². The summed E-state index contributed by atoms with van der Waals surface area (Å²) in [5.41, 5.74) is -0.439. The lowest BCUT2D eigenvalue weighted by atomic mass is 9.87. The SMILES string of the molecule is COC1(C(O)c2sccc2Cl)CCCCCC1. The Morgan fingerprint density at radius 2 is 2.00 bits per heavy atom. The molecule has 1 fully saturated rings. The zero-order chi connectivity index (χ0) is 12.3. The van der Waals surface area contributed by atoms with Crippen LogP contribution in [0.25, 0.3) is 0 Å². The highest BCUT2D eigenvalue weighted by Gasteiger charge is 2.40. The molecule has 1 aliphatic carbocycles. The smallest absolute Gasteiger partial charge is 0.118 e. The molecule has 1 saturated carbocycles. The fourth-order valence-corrected chi connectivity index (χ4v) is 3.91. The number of methoxy groups -OCH3 is 1. The van der Waals surface area contributed by atoms with Crippen LogP contribution in [-0.2, 0) is 4.74 Å². The van der Waals surface area contributed by atoms with Crippen molar-refractivity contribution in [2.24, 2.45) is 0 Å². The molecule has 17 heavy (non-hydrogen) atoms. The van der Waals surface area contributed by atoms with E-state index in [1.54, 1.807) is 7.11 Å². The molecule has 2 rings (SSSR count). The lowest BCUT2D eigenvalue weighted by Gasteiger charge is -2.35. The van der Waals surface area contributed by atoms with E-state index >= 15 is 0 Å². The van der Waals surface area contributed by atoms with E-state index in [0.717, 1.165) is 30.6 Å². The van der Waals surface area contributed by atoms with Gasteiger partial charge in [0.15, 0.2) is 0 Å². The Labute approximate surface area is 112 Å². The van der Waals surface area contributed by atoms with Crippen molar-refractivity contribution < 1.29 is 9.84 Å². The van der Waals surface area contributed by atoms with Gasteiger partial charge in [-0.25, -0.2) is 0 Å². The highest BCUT2D eigenvalue weighted by atomic mass is 35.5. The number of aliphatic hydroxyl groups is 1. The molecule has 1 unspecified atom stereocenters. The van der Waals surface area contributed by atoms with Crippen molar-refractivity contribution in [3.8, 4) is 0 Å². The van der Waals surface area contributed by atoms with E-state index in [0.29, 0.717) is 5.02 Å². The summed E-state index contributed by atoms with van der Waals surface area (Å²) in [5, 5.41) is 13.2. The van der Waals surface area contributed by atoms with Crippen molar-refractivity contribution in [2.75, 3.05) is 7.11 Å². The van der Waals surface area contributed by atoms with Gasteiger partial charge >= 0.3 is 0 Å². The Hall–Kier alpha value is -0.0900. The predicted octanol–water partition coefficient (Wildman–Crippen LogP) is 4.17. The van der Waals surface area contributed by atoms with Crippen molar-refractivity contribution in [3.05, 3.63) is 21.3 Å². The van der Waals surface area contributed by atoms with Crippen molar-refractivity contribution in [2.45, 2.75) is 50.2 Å². The van der Waals surface area contributed by atoms with E-state index in [2.05, 4.69) is 0 Å². The van der Waals surface area contributed by atoms with E-state index in [9.17, 15) is 5.11 Å². The van der Waals surface area contributed by atoms with Crippen molar-refractivity contribution in [1.29, 1.82) is 0 Å². The predicted molar refractivity (Wildman–Crippen MR) is 71.7 cm³/mol. The summed E-state index contributed by atoms with van der Waals surface area (Å²) < 4.78 is 5.70. The quantitative estimate of drug-likeness (QED) is 0.838. The molecule has 1 atom stereocenters. The van der Waals surface area contributed by atoms with Crippen LogP contribution in [0.2, 0.25) is 5.02 Å². The molecule has 1 aromatic rings. The third-order valence-electron chi connectivity index (χ3n) is 3.75. The Bertz CT molecular complexity index is 356. The molecule has 0 saturated heterocycles. The number of hydrogen-bond donors (Lipinski definition) is 1. The van der Waals surface area contributed by atoms with Gasteiger partial charge in [0.1, 0.15) is 6.10 Å². The van der Waals surface area contributed by atoms with Crippen molar-refractivity contribution in [1.82, 2.24) is 0 Å². The first kappa shape index (κ1) is 13.3. The summed E-state index contributed by atoms with van der Waals surface area (Å²) >= 11 is 7.62. The molecule has 1 heterocycles. The molecule has 0 radical (unpaired) electrons. The van der Waals surface area contributed by atoms with E-state index in [1.807, 2.05) is 11.4 Å². The molecule has 0 aliphatic heterocycles. The second kappa shape index (κ2) is 5.70. The number of ether oxygens (including phenoxy) is 1. The van der Waals surface area contributed by atoms with E-state index in [4.69, 9.17) is 16.3 Å². The molecular weight excluding hydrogens is 256 g/mol. The van der Waals surface area contributed by atoms with Gasteiger partial charge in [0.25, 0.3) is 0 Å². The monoisotopic (exact) mass is 274 g/mol. The van der Waals surface area contributed by atoms with Crippen LogP contribution in [0, 0.1) is 0 Å². The van der Waals surface area contributed by atoms with Gasteiger partial charge in [0.05, 0.1) is 15.5 Å². The normalized spacial score (nSPS) is 22.1. The number of aliphatic hydroxyl groups excluding tert-OH is 1. The summed E-state index contributed by atoms with van der Waals surface area (Å²) in [6.07, 6.45) is 5.93. The lowest BCUT2D eigenvalue weighted by molar-refractivity contribution is -0.112. The van der Waals surface area contributed by atoms with Gasteiger partial charge in [-0.15, -0.1) is 11.3 Å². The number of thiophene rings is 1. The van der Waals surface area contributed by atoms with Crippen LogP contribution in [0.3, 0.4) is 0 Å². The maximum atomic E-state index is 10.6. The molecule has 0 amide bonds. The molecule has 0 spiro atoms. The zero-order valence-electron chi connectivity index (χ0n) is 10.1. The van der Waals surface area contributed by atoms with Crippen LogP contribution in [0.1, 0.15) is 49.5 Å². The van der Waals surface area contributed by atoms with E-state index in [1.165, 1.54) is 24.2 Å². The van der Waals surface area contributed by atoms with E-state index < -0.39 is 11.7 Å². The lowest BCUT2D eigenvalue weighted by Crippen LogP contribution is -2.37. The maximum absolute atomic E-state index is 10.6. The fraction of sp³-hybridized carbons (Fsp3) is 0.692. The van der Waals surface area contributed by atoms with Gasteiger partial charge in [-0.1, -0.05) is 37.3 Å². The molecule has 1 aromatic heterocycles.